The molecule has 0 radical (unpaired) electrons. The summed E-state index contributed by atoms with van der Waals surface area (Å²) in [5.41, 5.74) is 0.570. The highest BCUT2D eigenvalue weighted by molar-refractivity contribution is 9.11. The van der Waals surface area contributed by atoms with E-state index in [1.54, 1.807) is 18.2 Å². The second kappa shape index (κ2) is 8.56. The summed E-state index contributed by atoms with van der Waals surface area (Å²) in [6.45, 7) is 0. The molecule has 1 unspecified atom stereocenters. The molecule has 0 fully saturated rings. The Balaban J connectivity index is 1.83. The van der Waals surface area contributed by atoms with Crippen LogP contribution in [0.1, 0.15) is 22.3 Å². The van der Waals surface area contributed by atoms with Crippen molar-refractivity contribution in [2.24, 2.45) is 0 Å². The summed E-state index contributed by atoms with van der Waals surface area (Å²) in [4.78, 5) is 16.4. The molecule has 1 atom stereocenters. The number of nitrogens with one attached hydrogen (secondary N) is 1. The zero-order chi connectivity index (χ0) is 21.2. The highest BCUT2D eigenvalue weighted by atomic mass is 79.9. The highest BCUT2D eigenvalue weighted by Gasteiger charge is 2.35. The maximum Gasteiger partial charge on any atom is 0.524 e. The van der Waals surface area contributed by atoms with Gasteiger partial charge in [-0.1, -0.05) is 30.3 Å². The summed E-state index contributed by atoms with van der Waals surface area (Å²) in [6.07, 6.45) is -4.01. The molecule has 0 aliphatic carbocycles. The lowest BCUT2D eigenvalue weighted by molar-refractivity contribution is -0.347. The van der Waals surface area contributed by atoms with E-state index >= 15 is 0 Å². The van der Waals surface area contributed by atoms with Crippen LogP contribution in [-0.4, -0.2) is 26.9 Å². The topological polar surface area (TPSA) is 76.4 Å². The zero-order valence-electron chi connectivity index (χ0n) is 14.3. The van der Waals surface area contributed by atoms with Gasteiger partial charge in [-0.15, -0.1) is 13.2 Å². The molecule has 29 heavy (non-hydrogen) atoms. The largest absolute Gasteiger partial charge is 0.524 e. The van der Waals surface area contributed by atoms with Gasteiger partial charge in [0.1, 0.15) is 17.8 Å². The van der Waals surface area contributed by atoms with Crippen molar-refractivity contribution in [2.45, 2.75) is 12.6 Å². The lowest BCUT2D eigenvalue weighted by Crippen LogP contribution is -2.34. The number of phenolic OH excluding ortho intramolecular Hbond substituents is 1. The Kier molecular flexibility index (Phi) is 6.30. The number of aromatic hydroxyl groups is 1. The summed E-state index contributed by atoms with van der Waals surface area (Å²) < 4.78 is 44.6. The van der Waals surface area contributed by atoms with Gasteiger partial charge >= 0.3 is 6.36 Å². The summed E-state index contributed by atoms with van der Waals surface area (Å²) in [6, 6.07) is 10.7. The Labute approximate surface area is 179 Å². The molecule has 2 N–H and O–H groups in total. The van der Waals surface area contributed by atoms with E-state index in [9.17, 15) is 23.1 Å². The first-order valence-corrected chi connectivity index (χ1v) is 9.55. The Bertz CT molecular complexity index is 1000. The Morgan fingerprint density at radius 2 is 1.79 bits per heavy atom. The maximum atomic E-state index is 12.8. The first kappa shape index (κ1) is 21.3. The van der Waals surface area contributed by atoms with Crippen LogP contribution in [0.3, 0.4) is 0 Å². The second-order valence-corrected chi connectivity index (χ2v) is 7.46. The summed E-state index contributed by atoms with van der Waals surface area (Å²) >= 11 is 6.40. The number of alkyl halides is 3. The number of halogens is 5. The van der Waals surface area contributed by atoms with Gasteiger partial charge in [0.15, 0.2) is 6.23 Å². The quantitative estimate of drug-likeness (QED) is 0.448. The molecule has 0 bridgehead atoms. The molecular weight excluding hydrogens is 523 g/mol. The molecule has 1 aromatic heterocycles. The number of phenols is 1. The molecule has 2 aromatic carbocycles. The monoisotopic (exact) mass is 533 g/mol. The summed E-state index contributed by atoms with van der Waals surface area (Å²) in [5, 5.41) is 12.0. The van der Waals surface area contributed by atoms with Crippen LogP contribution in [0.5, 0.6) is 5.75 Å². The molecule has 0 saturated carbocycles. The number of amides is 1. The van der Waals surface area contributed by atoms with Crippen molar-refractivity contribution in [3.8, 4) is 11.4 Å². The summed E-state index contributed by atoms with van der Waals surface area (Å²) in [7, 11) is 0. The first-order valence-electron chi connectivity index (χ1n) is 7.97. The van der Waals surface area contributed by atoms with Crippen molar-refractivity contribution in [3.63, 3.8) is 0 Å². The number of rotatable bonds is 5. The number of aromatic nitrogens is 2. The fourth-order valence-electron chi connectivity index (χ4n) is 2.42. The molecule has 3 rings (SSSR count). The van der Waals surface area contributed by atoms with Gasteiger partial charge in [-0.25, -0.2) is 4.98 Å². The number of hydrogen-bond donors (Lipinski definition) is 2. The van der Waals surface area contributed by atoms with Gasteiger partial charge in [-0.3, -0.25) is 9.53 Å². The molecule has 0 aliphatic heterocycles. The lowest BCUT2D eigenvalue weighted by atomic mass is 10.2. The molecule has 0 aliphatic rings. The minimum absolute atomic E-state index is 0.00170. The van der Waals surface area contributed by atoms with Crippen LogP contribution >= 0.6 is 31.9 Å². The third-order valence-electron chi connectivity index (χ3n) is 3.73. The van der Waals surface area contributed by atoms with Gasteiger partial charge in [0.25, 0.3) is 5.91 Å². The second-order valence-electron chi connectivity index (χ2n) is 5.75. The predicted molar refractivity (Wildman–Crippen MR) is 104 cm³/mol. The molecule has 11 heteroatoms. The van der Waals surface area contributed by atoms with E-state index in [1.807, 2.05) is 0 Å². The number of carbonyl (C=O) groups is 1. The number of imidazole rings is 1. The molecule has 152 valence electrons. The van der Waals surface area contributed by atoms with E-state index in [-0.39, 0.29) is 17.0 Å². The third-order valence-corrected chi connectivity index (χ3v) is 4.94. The molecule has 0 saturated heterocycles. The van der Waals surface area contributed by atoms with Crippen LogP contribution < -0.4 is 5.32 Å². The smallest absolute Gasteiger partial charge is 0.506 e. The van der Waals surface area contributed by atoms with Crippen molar-refractivity contribution in [1.82, 2.24) is 14.9 Å². The normalized spacial score (nSPS) is 12.6. The zero-order valence-corrected chi connectivity index (χ0v) is 17.5. The van der Waals surface area contributed by atoms with Crippen molar-refractivity contribution in [1.29, 1.82) is 0 Å². The molecule has 0 spiro atoms. The van der Waals surface area contributed by atoms with Gasteiger partial charge in [0, 0.05) is 17.4 Å². The highest BCUT2D eigenvalue weighted by Crippen LogP contribution is 2.34. The Morgan fingerprint density at radius 1 is 1.17 bits per heavy atom. The molecule has 1 heterocycles. The predicted octanol–water partition coefficient (Wildman–Crippen LogP) is 5.07. The van der Waals surface area contributed by atoms with Gasteiger partial charge in [0.05, 0.1) is 8.95 Å². The maximum absolute atomic E-state index is 12.8. The van der Waals surface area contributed by atoms with Gasteiger partial charge in [0.2, 0.25) is 0 Å². The molecule has 6 nitrogen and oxygen atoms in total. The number of ether oxygens (including phenoxy) is 1. The van der Waals surface area contributed by atoms with Gasteiger partial charge < -0.3 is 15.0 Å². The van der Waals surface area contributed by atoms with Crippen LogP contribution in [0.2, 0.25) is 0 Å². The fourth-order valence-corrected chi connectivity index (χ4v) is 3.58. The van der Waals surface area contributed by atoms with E-state index in [0.29, 0.717) is 14.6 Å². The van der Waals surface area contributed by atoms with Crippen LogP contribution in [-0.2, 0) is 4.74 Å². The number of hydrogen-bond acceptors (Lipinski definition) is 4. The van der Waals surface area contributed by atoms with Gasteiger partial charge in [-0.05, 0) is 44.0 Å². The van der Waals surface area contributed by atoms with E-state index in [0.717, 1.165) is 0 Å². The lowest BCUT2D eigenvalue weighted by Gasteiger charge is -2.20. The Hall–Kier alpha value is -2.37. The van der Waals surface area contributed by atoms with E-state index < -0.39 is 18.5 Å². The fraction of sp³-hybridized carbons (Fsp3) is 0.111. The standard InChI is InChI=1S/C18H12Br2F3N3O3/c19-12-6-11(7-13(20)15(12)27)26-8-14(24-9-26)16(28)25-17(29-18(21,22)23)10-4-2-1-3-5-10/h1-9,17,27H,(H,25,28). The molecular formula is C18H12Br2F3N3O3. The minimum atomic E-state index is -4.95. The molecule has 3 aromatic rings. The third kappa shape index (κ3) is 5.37. The summed E-state index contributed by atoms with van der Waals surface area (Å²) in [5.74, 6) is -0.847. The average molecular weight is 535 g/mol. The van der Waals surface area contributed by atoms with E-state index in [1.165, 1.54) is 41.4 Å². The number of carbonyl (C=O) groups excluding carboxylic acids is 1. The molecule has 1 amide bonds. The van der Waals surface area contributed by atoms with E-state index in [4.69, 9.17) is 0 Å². The van der Waals surface area contributed by atoms with E-state index in [2.05, 4.69) is 46.9 Å². The average Bonchev–Trinajstić information content (AvgIpc) is 3.15. The number of nitrogens with zero attached hydrogens (tertiary/aromatic N) is 2. The van der Waals surface area contributed by atoms with Crippen LogP contribution in [0.15, 0.2) is 63.9 Å². The first-order chi connectivity index (χ1) is 13.6. The number of benzene rings is 2. The van der Waals surface area contributed by atoms with Crippen molar-refractivity contribution in [2.75, 3.05) is 0 Å². The van der Waals surface area contributed by atoms with Crippen LogP contribution in [0.25, 0.3) is 5.69 Å². The SMILES string of the molecule is O=C(NC(OC(F)(F)F)c1ccccc1)c1cn(-c2cc(Br)c(O)c(Br)c2)cn1. The van der Waals surface area contributed by atoms with Gasteiger partial charge in [-0.2, -0.15) is 0 Å². The van der Waals surface area contributed by atoms with Crippen molar-refractivity contribution in [3.05, 3.63) is 75.2 Å². The Morgan fingerprint density at radius 3 is 2.38 bits per heavy atom. The van der Waals surface area contributed by atoms with Crippen LogP contribution in [0, 0.1) is 0 Å². The minimum Gasteiger partial charge on any atom is -0.506 e. The van der Waals surface area contributed by atoms with Crippen molar-refractivity contribution < 1.29 is 27.8 Å². The van der Waals surface area contributed by atoms with Crippen molar-refractivity contribution >= 4 is 37.8 Å². The van der Waals surface area contributed by atoms with Crippen LogP contribution in [0.4, 0.5) is 13.2 Å².